The highest BCUT2D eigenvalue weighted by atomic mass is 35.5. The Morgan fingerprint density at radius 1 is 0.927 bits per heavy atom. The Balaban J connectivity index is 2.08. The monoisotopic (exact) mass is 617 g/mol. The van der Waals surface area contributed by atoms with Crippen LogP contribution in [-0.4, -0.2) is 44.3 Å². The van der Waals surface area contributed by atoms with Gasteiger partial charge >= 0.3 is 0 Å². The number of sulfonamides is 1. The number of rotatable bonds is 13. The number of halogens is 2. The minimum Gasteiger partial charge on any atom is -0.354 e. The number of unbranched alkanes of at least 4 members (excludes halogenated alkanes) is 1. The number of aryl methyl sites for hydroxylation is 2. The largest absolute Gasteiger partial charge is 0.354 e. The van der Waals surface area contributed by atoms with Gasteiger partial charge in [-0.15, -0.1) is 0 Å². The van der Waals surface area contributed by atoms with Gasteiger partial charge in [-0.05, 0) is 62.6 Å². The van der Waals surface area contributed by atoms with Crippen LogP contribution < -0.4 is 9.62 Å². The molecular weight excluding hydrogens is 581 g/mol. The number of para-hydroxylation sites is 1. The van der Waals surface area contributed by atoms with Crippen LogP contribution in [0.5, 0.6) is 0 Å². The van der Waals surface area contributed by atoms with Gasteiger partial charge < -0.3 is 10.2 Å². The molecule has 0 radical (unpaired) electrons. The van der Waals surface area contributed by atoms with E-state index in [9.17, 15) is 18.0 Å². The van der Waals surface area contributed by atoms with Gasteiger partial charge in [0.05, 0.1) is 10.6 Å². The molecule has 0 heterocycles. The van der Waals surface area contributed by atoms with Crippen LogP contribution >= 0.6 is 23.2 Å². The summed E-state index contributed by atoms with van der Waals surface area (Å²) >= 11 is 12.9. The van der Waals surface area contributed by atoms with Crippen molar-refractivity contribution in [3.05, 3.63) is 93.5 Å². The summed E-state index contributed by atoms with van der Waals surface area (Å²) in [6, 6.07) is 17.7. The summed E-state index contributed by atoms with van der Waals surface area (Å²) in [4.78, 5) is 28.6. The number of nitrogens with one attached hydrogen (secondary N) is 1. The maximum atomic E-state index is 14.1. The van der Waals surface area contributed by atoms with Gasteiger partial charge in [0.2, 0.25) is 11.8 Å². The average molecular weight is 619 g/mol. The first-order valence-electron chi connectivity index (χ1n) is 13.7. The van der Waals surface area contributed by atoms with Crippen LogP contribution in [0.15, 0.2) is 71.6 Å². The SMILES string of the molecule is CCCCNC(=O)[C@@H](C)N(Cc1c(Cl)cccc1Cl)C(=O)CN(c1ccccc1CC)S(=O)(=O)c1ccc(C)cc1. The summed E-state index contributed by atoms with van der Waals surface area (Å²) in [5.41, 5.74) is 2.55. The van der Waals surface area contributed by atoms with Gasteiger partial charge in [-0.2, -0.15) is 0 Å². The van der Waals surface area contributed by atoms with Crippen molar-refractivity contribution >= 4 is 50.7 Å². The van der Waals surface area contributed by atoms with Gasteiger partial charge in [-0.1, -0.05) is 85.4 Å². The maximum absolute atomic E-state index is 14.1. The van der Waals surface area contributed by atoms with E-state index in [1.165, 1.54) is 17.0 Å². The third-order valence-corrected chi connectivity index (χ3v) is 9.40. The van der Waals surface area contributed by atoms with Gasteiger partial charge in [0.1, 0.15) is 12.6 Å². The fourth-order valence-corrected chi connectivity index (χ4v) is 6.35. The molecule has 1 atom stereocenters. The van der Waals surface area contributed by atoms with E-state index in [0.717, 1.165) is 28.3 Å². The van der Waals surface area contributed by atoms with E-state index < -0.39 is 28.5 Å². The first-order chi connectivity index (χ1) is 19.5. The van der Waals surface area contributed by atoms with Crippen molar-refractivity contribution in [1.29, 1.82) is 0 Å². The minimum atomic E-state index is -4.15. The van der Waals surface area contributed by atoms with E-state index in [1.54, 1.807) is 49.4 Å². The van der Waals surface area contributed by atoms with Crippen LogP contribution in [0.25, 0.3) is 0 Å². The topological polar surface area (TPSA) is 86.8 Å². The van der Waals surface area contributed by atoms with Gasteiger partial charge in [0.15, 0.2) is 0 Å². The minimum absolute atomic E-state index is 0.0628. The Morgan fingerprint density at radius 2 is 1.56 bits per heavy atom. The van der Waals surface area contributed by atoms with Crippen LogP contribution in [0.2, 0.25) is 10.0 Å². The Bertz CT molecular complexity index is 1440. The zero-order valence-corrected chi connectivity index (χ0v) is 26.2. The lowest BCUT2D eigenvalue weighted by Crippen LogP contribution is -2.51. The molecule has 0 bridgehead atoms. The zero-order chi connectivity index (χ0) is 30.2. The number of benzene rings is 3. The van der Waals surface area contributed by atoms with E-state index in [4.69, 9.17) is 23.2 Å². The summed E-state index contributed by atoms with van der Waals surface area (Å²) in [6.45, 7) is 7.28. The van der Waals surface area contributed by atoms with Crippen LogP contribution in [0.3, 0.4) is 0 Å². The molecule has 3 rings (SSSR count). The molecule has 1 N–H and O–H groups in total. The lowest BCUT2D eigenvalue weighted by atomic mass is 10.1. The standard InChI is InChI=1S/C31H37Cl2N3O4S/c1-5-7-19-34-31(38)23(4)35(20-26-27(32)12-10-13-28(26)33)30(37)21-36(29-14-9-8-11-24(29)6-2)41(39,40)25-17-15-22(3)16-18-25/h8-18,23H,5-7,19-21H2,1-4H3,(H,34,38)/t23-/m1/s1. The number of carbonyl (C=O) groups is 2. The Morgan fingerprint density at radius 3 is 2.17 bits per heavy atom. The van der Waals surface area contributed by atoms with Crippen molar-refractivity contribution in [2.75, 3.05) is 17.4 Å². The Kier molecular flexibility index (Phi) is 11.6. The average Bonchev–Trinajstić information content (AvgIpc) is 2.95. The third kappa shape index (κ3) is 8.03. The van der Waals surface area contributed by atoms with Crippen molar-refractivity contribution in [2.24, 2.45) is 0 Å². The zero-order valence-electron chi connectivity index (χ0n) is 23.9. The summed E-state index contributed by atoms with van der Waals surface area (Å²) in [7, 11) is -4.15. The number of hydrogen-bond acceptors (Lipinski definition) is 4. The lowest BCUT2D eigenvalue weighted by Gasteiger charge is -2.33. The van der Waals surface area contributed by atoms with Gasteiger partial charge in [0, 0.05) is 28.7 Å². The summed E-state index contributed by atoms with van der Waals surface area (Å²) in [5, 5.41) is 3.55. The van der Waals surface area contributed by atoms with Crippen LogP contribution in [-0.2, 0) is 32.6 Å². The summed E-state index contributed by atoms with van der Waals surface area (Å²) in [6.07, 6.45) is 2.24. The molecule has 3 aromatic carbocycles. The highest BCUT2D eigenvalue weighted by Crippen LogP contribution is 2.30. The Labute approximate surface area is 253 Å². The van der Waals surface area contributed by atoms with E-state index >= 15 is 0 Å². The third-order valence-electron chi connectivity index (χ3n) is 6.92. The number of hydrogen-bond donors (Lipinski definition) is 1. The van der Waals surface area contributed by atoms with E-state index in [1.807, 2.05) is 32.9 Å². The van der Waals surface area contributed by atoms with Gasteiger partial charge in [-0.3, -0.25) is 13.9 Å². The highest BCUT2D eigenvalue weighted by Gasteiger charge is 2.33. The quantitative estimate of drug-likeness (QED) is 0.225. The molecule has 0 unspecified atom stereocenters. The van der Waals surface area contributed by atoms with Crippen molar-refractivity contribution < 1.29 is 18.0 Å². The van der Waals surface area contributed by atoms with E-state index in [2.05, 4.69) is 5.32 Å². The molecule has 7 nitrogen and oxygen atoms in total. The second-order valence-corrected chi connectivity index (χ2v) is 12.5. The molecule has 3 aromatic rings. The van der Waals surface area contributed by atoms with Gasteiger partial charge in [0.25, 0.3) is 10.0 Å². The van der Waals surface area contributed by atoms with E-state index in [-0.39, 0.29) is 17.3 Å². The lowest BCUT2D eigenvalue weighted by molar-refractivity contribution is -0.139. The fraction of sp³-hybridized carbons (Fsp3) is 0.355. The molecule has 0 aliphatic carbocycles. The molecule has 0 saturated heterocycles. The second kappa shape index (κ2) is 14.7. The Hall–Kier alpha value is -3.07. The van der Waals surface area contributed by atoms with Crippen LogP contribution in [0.1, 0.15) is 50.3 Å². The fourth-order valence-electron chi connectivity index (χ4n) is 4.38. The molecule has 2 amide bonds. The predicted molar refractivity (Wildman–Crippen MR) is 166 cm³/mol. The number of amides is 2. The van der Waals surface area contributed by atoms with Crippen molar-refractivity contribution in [2.45, 2.75) is 64.4 Å². The van der Waals surface area contributed by atoms with Crippen LogP contribution in [0, 0.1) is 6.92 Å². The van der Waals surface area contributed by atoms with Crippen molar-refractivity contribution in [3.8, 4) is 0 Å². The summed E-state index contributed by atoms with van der Waals surface area (Å²) in [5.74, 6) is -0.919. The van der Waals surface area contributed by atoms with Crippen LogP contribution in [0.4, 0.5) is 5.69 Å². The number of carbonyl (C=O) groups excluding carboxylic acids is 2. The predicted octanol–water partition coefficient (Wildman–Crippen LogP) is 6.39. The smallest absolute Gasteiger partial charge is 0.264 e. The first kappa shape index (κ1) is 32.4. The summed E-state index contributed by atoms with van der Waals surface area (Å²) < 4.78 is 29.2. The normalized spacial score (nSPS) is 12.0. The highest BCUT2D eigenvalue weighted by molar-refractivity contribution is 7.92. The first-order valence-corrected chi connectivity index (χ1v) is 15.9. The molecule has 220 valence electrons. The molecule has 0 aliphatic heterocycles. The molecule has 0 aliphatic rings. The van der Waals surface area contributed by atoms with Gasteiger partial charge in [-0.25, -0.2) is 8.42 Å². The number of nitrogens with zero attached hydrogens (tertiary/aromatic N) is 2. The molecule has 0 aromatic heterocycles. The molecule has 0 spiro atoms. The number of anilines is 1. The second-order valence-electron chi connectivity index (χ2n) is 9.85. The molecule has 0 saturated carbocycles. The van der Waals surface area contributed by atoms with E-state index in [0.29, 0.717) is 34.3 Å². The molecular formula is C31H37Cl2N3O4S. The van der Waals surface area contributed by atoms with Crippen molar-refractivity contribution in [3.63, 3.8) is 0 Å². The van der Waals surface area contributed by atoms with Crippen molar-refractivity contribution in [1.82, 2.24) is 10.2 Å². The molecule has 10 heteroatoms. The molecule has 0 fully saturated rings. The molecule has 41 heavy (non-hydrogen) atoms. The maximum Gasteiger partial charge on any atom is 0.264 e.